The van der Waals surface area contributed by atoms with Crippen LogP contribution in [0.15, 0.2) is 42.5 Å². The van der Waals surface area contributed by atoms with E-state index in [0.29, 0.717) is 5.69 Å². The zero-order chi connectivity index (χ0) is 17.6. The number of nitrogens with one attached hydrogen (secondary N) is 1. The molecule has 4 rings (SSSR count). The number of hydrogen-bond acceptors (Lipinski definition) is 2. The molecule has 0 bridgehead atoms. The van der Waals surface area contributed by atoms with E-state index in [1.165, 1.54) is 5.56 Å². The van der Waals surface area contributed by atoms with Gasteiger partial charge in [0.2, 0.25) is 0 Å². The van der Waals surface area contributed by atoms with Crippen LogP contribution in [0.3, 0.4) is 0 Å². The van der Waals surface area contributed by atoms with Gasteiger partial charge in [0.15, 0.2) is 0 Å². The van der Waals surface area contributed by atoms with Crippen molar-refractivity contribution in [3.05, 3.63) is 64.8 Å². The zero-order valence-corrected chi connectivity index (χ0v) is 14.8. The van der Waals surface area contributed by atoms with Crippen LogP contribution in [0.25, 0.3) is 10.9 Å². The first-order valence-corrected chi connectivity index (χ1v) is 8.62. The van der Waals surface area contributed by atoms with Gasteiger partial charge in [-0.1, -0.05) is 23.8 Å². The Hall–Kier alpha value is -2.75. The maximum atomic E-state index is 13.1. The summed E-state index contributed by atoms with van der Waals surface area (Å²) >= 11 is 0. The highest BCUT2D eigenvalue weighted by Gasteiger charge is 2.35. The highest BCUT2D eigenvalue weighted by molar-refractivity contribution is 6.01. The fourth-order valence-electron chi connectivity index (χ4n) is 3.62. The molecule has 0 radical (unpaired) electrons. The summed E-state index contributed by atoms with van der Waals surface area (Å²) in [6.45, 7) is 4.88. The lowest BCUT2D eigenvalue weighted by molar-refractivity contribution is 0.0454. The fraction of sp³-hybridized carbons (Fsp3) is 0.286. The van der Waals surface area contributed by atoms with E-state index in [9.17, 15) is 4.79 Å². The number of methoxy groups -OCH3 is 1. The van der Waals surface area contributed by atoms with Crippen LogP contribution in [-0.2, 0) is 0 Å². The Kier molecular flexibility index (Phi) is 3.75. The highest BCUT2D eigenvalue weighted by atomic mass is 16.5. The summed E-state index contributed by atoms with van der Waals surface area (Å²) in [7, 11) is 1.67. The second kappa shape index (κ2) is 5.96. The molecule has 1 unspecified atom stereocenters. The first-order chi connectivity index (χ1) is 12.1. The van der Waals surface area contributed by atoms with E-state index < -0.39 is 0 Å². The highest BCUT2D eigenvalue weighted by Crippen LogP contribution is 2.36. The first kappa shape index (κ1) is 15.8. The SMILES string of the molecule is COc1cccc(C2CCN2C(=O)c2[nH]c3ccc(C)cc3c2C)c1. The molecule has 2 heterocycles. The molecule has 0 saturated carbocycles. The van der Waals surface area contributed by atoms with Gasteiger partial charge in [0.25, 0.3) is 5.91 Å². The fourth-order valence-corrected chi connectivity index (χ4v) is 3.62. The average Bonchev–Trinajstić information content (AvgIpc) is 2.90. The summed E-state index contributed by atoms with van der Waals surface area (Å²) in [4.78, 5) is 18.4. The van der Waals surface area contributed by atoms with Gasteiger partial charge in [-0.2, -0.15) is 0 Å². The topological polar surface area (TPSA) is 45.3 Å². The van der Waals surface area contributed by atoms with Crippen LogP contribution >= 0.6 is 0 Å². The van der Waals surface area contributed by atoms with E-state index in [2.05, 4.69) is 30.1 Å². The maximum Gasteiger partial charge on any atom is 0.271 e. The normalized spacial score (nSPS) is 16.8. The lowest BCUT2D eigenvalue weighted by atomic mass is 9.93. The molecule has 1 fully saturated rings. The predicted molar refractivity (Wildman–Crippen MR) is 99.2 cm³/mol. The van der Waals surface area contributed by atoms with Gasteiger partial charge in [-0.05, 0) is 55.7 Å². The smallest absolute Gasteiger partial charge is 0.271 e. The molecule has 1 atom stereocenters. The molecule has 128 valence electrons. The van der Waals surface area contributed by atoms with Gasteiger partial charge in [0.1, 0.15) is 11.4 Å². The van der Waals surface area contributed by atoms with E-state index in [4.69, 9.17) is 4.74 Å². The van der Waals surface area contributed by atoms with Crippen molar-refractivity contribution in [2.24, 2.45) is 0 Å². The third kappa shape index (κ3) is 2.58. The number of likely N-dealkylation sites (tertiary alicyclic amines) is 1. The summed E-state index contributed by atoms with van der Waals surface area (Å²) in [5.74, 6) is 0.902. The van der Waals surface area contributed by atoms with Gasteiger partial charge >= 0.3 is 0 Å². The van der Waals surface area contributed by atoms with Crippen LogP contribution in [0.4, 0.5) is 0 Å². The standard InChI is InChI=1S/C21H22N2O2/c1-13-7-8-18-17(11-13)14(2)20(22-18)21(24)23-10-9-19(23)15-5-4-6-16(12-15)25-3/h4-8,11-12,19,22H,9-10H2,1-3H3. The molecule has 1 saturated heterocycles. The summed E-state index contributed by atoms with van der Waals surface area (Å²) in [5.41, 5.74) is 5.08. The number of fused-ring (bicyclic) bond motifs is 1. The molecule has 1 aliphatic rings. The number of rotatable bonds is 3. The van der Waals surface area contributed by atoms with Gasteiger partial charge in [-0.25, -0.2) is 0 Å². The molecule has 0 aliphatic carbocycles. The Morgan fingerprint density at radius 1 is 1.20 bits per heavy atom. The molecule has 4 heteroatoms. The molecule has 1 aromatic heterocycles. The molecule has 1 amide bonds. The van der Waals surface area contributed by atoms with Crippen LogP contribution in [-0.4, -0.2) is 29.4 Å². The van der Waals surface area contributed by atoms with E-state index in [1.807, 2.05) is 36.1 Å². The van der Waals surface area contributed by atoms with E-state index >= 15 is 0 Å². The van der Waals surface area contributed by atoms with Crippen molar-refractivity contribution in [3.63, 3.8) is 0 Å². The van der Waals surface area contributed by atoms with Crippen molar-refractivity contribution >= 4 is 16.8 Å². The third-order valence-corrected chi connectivity index (χ3v) is 5.19. The summed E-state index contributed by atoms with van der Waals surface area (Å²) < 4.78 is 5.31. The monoisotopic (exact) mass is 334 g/mol. The Bertz CT molecular complexity index is 958. The zero-order valence-electron chi connectivity index (χ0n) is 14.8. The number of ether oxygens (including phenoxy) is 1. The van der Waals surface area contributed by atoms with Gasteiger partial charge in [0, 0.05) is 17.4 Å². The Labute approximate surface area is 147 Å². The predicted octanol–water partition coefficient (Wildman–Crippen LogP) is 4.38. The number of carbonyl (C=O) groups is 1. The third-order valence-electron chi connectivity index (χ3n) is 5.19. The molecule has 1 aliphatic heterocycles. The van der Waals surface area contributed by atoms with Crippen molar-refractivity contribution in [1.82, 2.24) is 9.88 Å². The van der Waals surface area contributed by atoms with Crippen molar-refractivity contribution in [2.45, 2.75) is 26.3 Å². The number of nitrogens with zero attached hydrogens (tertiary/aromatic N) is 1. The summed E-state index contributed by atoms with van der Waals surface area (Å²) in [5, 5.41) is 1.13. The van der Waals surface area contributed by atoms with Gasteiger partial charge in [0.05, 0.1) is 13.2 Å². The molecule has 2 aromatic carbocycles. The van der Waals surface area contributed by atoms with Crippen LogP contribution < -0.4 is 4.74 Å². The van der Waals surface area contributed by atoms with Gasteiger partial charge < -0.3 is 14.6 Å². The summed E-state index contributed by atoms with van der Waals surface area (Å²) in [6, 6.07) is 14.4. The molecule has 25 heavy (non-hydrogen) atoms. The van der Waals surface area contributed by atoms with Crippen LogP contribution in [0, 0.1) is 13.8 Å². The number of benzene rings is 2. The number of H-pyrrole nitrogens is 1. The maximum absolute atomic E-state index is 13.1. The molecular formula is C21H22N2O2. The quantitative estimate of drug-likeness (QED) is 0.772. The summed E-state index contributed by atoms with van der Waals surface area (Å²) in [6.07, 6.45) is 0.983. The molecule has 1 N–H and O–H groups in total. The Morgan fingerprint density at radius 2 is 2.04 bits per heavy atom. The van der Waals surface area contributed by atoms with Crippen LogP contribution in [0.2, 0.25) is 0 Å². The van der Waals surface area contributed by atoms with Crippen molar-refractivity contribution in [1.29, 1.82) is 0 Å². The van der Waals surface area contributed by atoms with E-state index in [-0.39, 0.29) is 11.9 Å². The van der Waals surface area contributed by atoms with E-state index in [1.54, 1.807) is 7.11 Å². The van der Waals surface area contributed by atoms with Crippen molar-refractivity contribution in [2.75, 3.05) is 13.7 Å². The lowest BCUT2D eigenvalue weighted by Gasteiger charge is -2.41. The van der Waals surface area contributed by atoms with E-state index in [0.717, 1.165) is 40.7 Å². The van der Waals surface area contributed by atoms with Crippen molar-refractivity contribution < 1.29 is 9.53 Å². The number of amides is 1. The average molecular weight is 334 g/mol. The Balaban J connectivity index is 1.66. The van der Waals surface area contributed by atoms with Gasteiger partial charge in [-0.3, -0.25) is 4.79 Å². The Morgan fingerprint density at radius 3 is 2.76 bits per heavy atom. The van der Waals surface area contributed by atoms with Crippen molar-refractivity contribution in [3.8, 4) is 5.75 Å². The number of aryl methyl sites for hydroxylation is 2. The molecule has 3 aromatic rings. The minimum atomic E-state index is 0.0745. The number of hydrogen-bond donors (Lipinski definition) is 1. The van der Waals surface area contributed by atoms with Crippen LogP contribution in [0.5, 0.6) is 5.75 Å². The number of aromatic nitrogens is 1. The second-order valence-corrected chi connectivity index (χ2v) is 6.75. The first-order valence-electron chi connectivity index (χ1n) is 8.62. The second-order valence-electron chi connectivity index (χ2n) is 6.75. The molecule has 4 nitrogen and oxygen atoms in total. The number of carbonyl (C=O) groups excluding carboxylic acids is 1. The van der Waals surface area contributed by atoms with Crippen LogP contribution in [0.1, 0.15) is 39.6 Å². The van der Waals surface area contributed by atoms with Gasteiger partial charge in [-0.15, -0.1) is 0 Å². The minimum Gasteiger partial charge on any atom is -0.497 e. The largest absolute Gasteiger partial charge is 0.497 e. The lowest BCUT2D eigenvalue weighted by Crippen LogP contribution is -2.45. The molecule has 0 spiro atoms. The molecular weight excluding hydrogens is 312 g/mol. The number of aromatic amines is 1. The minimum absolute atomic E-state index is 0.0745.